The molecule has 0 N–H and O–H groups in total. The molecule has 76 valence electrons. The highest BCUT2D eigenvalue weighted by molar-refractivity contribution is 7.08. The van der Waals surface area contributed by atoms with Crippen molar-refractivity contribution in [2.24, 2.45) is 0 Å². The van der Waals surface area contributed by atoms with E-state index in [2.05, 4.69) is 9.97 Å². The highest BCUT2D eigenvalue weighted by atomic mass is 32.1. The lowest BCUT2D eigenvalue weighted by atomic mass is 10.1. The van der Waals surface area contributed by atoms with Crippen molar-refractivity contribution < 1.29 is 9.53 Å². The highest BCUT2D eigenvalue weighted by Crippen LogP contribution is 2.13. The lowest BCUT2D eigenvalue weighted by Crippen LogP contribution is -2.03. The van der Waals surface area contributed by atoms with Gasteiger partial charge in [0.1, 0.15) is 12.0 Å². The van der Waals surface area contributed by atoms with E-state index in [1.165, 1.54) is 30.8 Å². The largest absolute Gasteiger partial charge is 0.481 e. The summed E-state index contributed by atoms with van der Waals surface area (Å²) in [6.07, 6.45) is 1.32. The lowest BCUT2D eigenvalue weighted by Gasteiger charge is -2.00. The Morgan fingerprint density at radius 1 is 1.47 bits per heavy atom. The van der Waals surface area contributed by atoms with Gasteiger partial charge < -0.3 is 4.74 Å². The molecule has 2 rings (SSSR count). The second-order valence-electron chi connectivity index (χ2n) is 2.79. The molecule has 2 heterocycles. The predicted octanol–water partition coefficient (Wildman–Crippen LogP) is 1.78. The average Bonchev–Trinajstić information content (AvgIpc) is 2.81. The Morgan fingerprint density at radius 2 is 2.33 bits per heavy atom. The number of thiophene rings is 1. The number of hydrogen-bond donors (Lipinski definition) is 0. The molecule has 0 fully saturated rings. The Balaban J connectivity index is 2.34. The molecule has 2 aromatic rings. The number of aromatic nitrogens is 2. The molecule has 0 saturated heterocycles. The third-order valence-corrected chi connectivity index (χ3v) is 2.55. The number of ketones is 1. The molecular formula is C10H8N2O2S. The van der Waals surface area contributed by atoms with Crippen molar-refractivity contribution in [3.05, 3.63) is 40.5 Å². The van der Waals surface area contributed by atoms with Gasteiger partial charge in [-0.05, 0) is 11.4 Å². The summed E-state index contributed by atoms with van der Waals surface area (Å²) in [4.78, 5) is 19.6. The molecule has 0 bridgehead atoms. The van der Waals surface area contributed by atoms with Gasteiger partial charge in [-0.25, -0.2) is 9.97 Å². The van der Waals surface area contributed by atoms with Crippen LogP contribution in [0.25, 0.3) is 0 Å². The first-order chi connectivity index (χ1) is 7.31. The maximum Gasteiger partial charge on any atom is 0.216 e. The first kappa shape index (κ1) is 9.79. The highest BCUT2D eigenvalue weighted by Gasteiger charge is 2.11. The van der Waals surface area contributed by atoms with Gasteiger partial charge in [-0.2, -0.15) is 11.3 Å². The Bertz CT molecular complexity index is 468. The Morgan fingerprint density at radius 3 is 3.00 bits per heavy atom. The molecule has 4 nitrogen and oxygen atoms in total. The van der Waals surface area contributed by atoms with E-state index in [9.17, 15) is 4.79 Å². The maximum atomic E-state index is 11.8. The number of ether oxygens (including phenoxy) is 1. The first-order valence-corrected chi connectivity index (χ1v) is 5.18. The summed E-state index contributed by atoms with van der Waals surface area (Å²) in [5.74, 6) is 0.278. The van der Waals surface area contributed by atoms with Crippen LogP contribution in [0.15, 0.2) is 29.2 Å². The molecule has 0 amide bonds. The SMILES string of the molecule is COc1cc(C(=O)c2ccsc2)ncn1. The summed E-state index contributed by atoms with van der Waals surface area (Å²) in [5, 5.41) is 3.64. The van der Waals surface area contributed by atoms with Crippen molar-refractivity contribution in [3.63, 3.8) is 0 Å². The van der Waals surface area contributed by atoms with Gasteiger partial charge >= 0.3 is 0 Å². The average molecular weight is 220 g/mol. The van der Waals surface area contributed by atoms with E-state index in [4.69, 9.17) is 4.74 Å². The third-order valence-electron chi connectivity index (χ3n) is 1.87. The van der Waals surface area contributed by atoms with Crippen molar-refractivity contribution in [1.82, 2.24) is 9.97 Å². The van der Waals surface area contributed by atoms with Crippen LogP contribution in [-0.2, 0) is 0 Å². The van der Waals surface area contributed by atoms with Crippen LogP contribution in [0.3, 0.4) is 0 Å². The monoisotopic (exact) mass is 220 g/mol. The zero-order valence-electron chi connectivity index (χ0n) is 8.01. The number of methoxy groups -OCH3 is 1. The van der Waals surface area contributed by atoms with E-state index >= 15 is 0 Å². The third kappa shape index (κ3) is 2.02. The van der Waals surface area contributed by atoms with Crippen LogP contribution in [0.5, 0.6) is 5.88 Å². The molecule has 0 unspecified atom stereocenters. The van der Waals surface area contributed by atoms with E-state index in [1.54, 1.807) is 11.4 Å². The molecule has 0 radical (unpaired) electrons. The Kier molecular flexibility index (Phi) is 2.73. The fourth-order valence-corrected chi connectivity index (χ4v) is 1.75. The minimum absolute atomic E-state index is 0.114. The predicted molar refractivity (Wildman–Crippen MR) is 56.3 cm³/mol. The zero-order chi connectivity index (χ0) is 10.7. The van der Waals surface area contributed by atoms with Crippen LogP contribution in [0.1, 0.15) is 16.1 Å². The molecule has 0 aromatic carbocycles. The number of carbonyl (C=O) groups excluding carboxylic acids is 1. The molecule has 2 aromatic heterocycles. The smallest absolute Gasteiger partial charge is 0.216 e. The van der Waals surface area contributed by atoms with Gasteiger partial charge in [-0.15, -0.1) is 0 Å². The van der Waals surface area contributed by atoms with Crippen molar-refractivity contribution in [2.45, 2.75) is 0 Å². The summed E-state index contributed by atoms with van der Waals surface area (Å²) in [5.41, 5.74) is 0.987. The van der Waals surface area contributed by atoms with E-state index in [0.29, 0.717) is 17.1 Å². The second kappa shape index (κ2) is 4.18. The number of hydrogen-bond acceptors (Lipinski definition) is 5. The molecule has 0 atom stereocenters. The summed E-state index contributed by atoms with van der Waals surface area (Å²) in [6.45, 7) is 0. The molecule has 0 aliphatic heterocycles. The Hall–Kier alpha value is -1.75. The summed E-state index contributed by atoms with van der Waals surface area (Å²) < 4.78 is 4.92. The zero-order valence-corrected chi connectivity index (χ0v) is 8.82. The minimum atomic E-state index is -0.114. The van der Waals surface area contributed by atoms with Crippen LogP contribution in [0.4, 0.5) is 0 Å². The molecular weight excluding hydrogens is 212 g/mol. The lowest BCUT2D eigenvalue weighted by molar-refractivity contribution is 0.103. The van der Waals surface area contributed by atoms with Gasteiger partial charge in [0.05, 0.1) is 7.11 Å². The second-order valence-corrected chi connectivity index (χ2v) is 3.57. The van der Waals surface area contributed by atoms with E-state index < -0.39 is 0 Å². The molecule has 0 aliphatic carbocycles. The first-order valence-electron chi connectivity index (χ1n) is 4.24. The standard InChI is InChI=1S/C10H8N2O2S/c1-14-9-4-8(11-6-12-9)10(13)7-2-3-15-5-7/h2-6H,1H3. The fourth-order valence-electron chi connectivity index (χ4n) is 1.12. The van der Waals surface area contributed by atoms with Gasteiger partial charge in [0.25, 0.3) is 0 Å². The summed E-state index contributed by atoms with van der Waals surface area (Å²) in [6, 6.07) is 3.29. The fraction of sp³-hybridized carbons (Fsp3) is 0.100. The van der Waals surface area contributed by atoms with Crippen molar-refractivity contribution in [3.8, 4) is 5.88 Å². The van der Waals surface area contributed by atoms with Gasteiger partial charge in [-0.1, -0.05) is 0 Å². The van der Waals surface area contributed by atoms with Gasteiger partial charge in [-0.3, -0.25) is 4.79 Å². The molecule has 15 heavy (non-hydrogen) atoms. The number of nitrogens with zero attached hydrogens (tertiary/aromatic N) is 2. The quantitative estimate of drug-likeness (QED) is 0.740. The van der Waals surface area contributed by atoms with Gasteiger partial charge in [0.2, 0.25) is 11.7 Å². The van der Waals surface area contributed by atoms with Crippen molar-refractivity contribution >= 4 is 17.1 Å². The van der Waals surface area contributed by atoms with Crippen LogP contribution < -0.4 is 4.74 Å². The van der Waals surface area contributed by atoms with Crippen molar-refractivity contribution in [2.75, 3.05) is 7.11 Å². The maximum absolute atomic E-state index is 11.8. The normalized spacial score (nSPS) is 9.93. The number of rotatable bonds is 3. The van der Waals surface area contributed by atoms with Gasteiger partial charge in [0.15, 0.2) is 0 Å². The van der Waals surface area contributed by atoms with E-state index in [1.807, 2.05) is 5.38 Å². The van der Waals surface area contributed by atoms with Gasteiger partial charge in [0, 0.05) is 17.0 Å². The van der Waals surface area contributed by atoms with Crippen molar-refractivity contribution in [1.29, 1.82) is 0 Å². The van der Waals surface area contributed by atoms with Crippen LogP contribution in [0, 0.1) is 0 Å². The van der Waals surface area contributed by atoms with Crippen LogP contribution in [0.2, 0.25) is 0 Å². The van der Waals surface area contributed by atoms with Crippen LogP contribution >= 0.6 is 11.3 Å². The van der Waals surface area contributed by atoms with Crippen LogP contribution in [-0.4, -0.2) is 22.9 Å². The Labute approximate surface area is 90.6 Å². The molecule has 0 saturated carbocycles. The van der Waals surface area contributed by atoms with E-state index in [-0.39, 0.29) is 5.78 Å². The number of carbonyl (C=O) groups is 1. The molecule has 5 heteroatoms. The summed E-state index contributed by atoms with van der Waals surface area (Å²) >= 11 is 1.48. The minimum Gasteiger partial charge on any atom is -0.481 e. The molecule has 0 spiro atoms. The van der Waals surface area contributed by atoms with E-state index in [0.717, 1.165) is 0 Å². The summed E-state index contributed by atoms with van der Waals surface area (Å²) in [7, 11) is 1.50. The molecule has 0 aliphatic rings. The topological polar surface area (TPSA) is 52.1 Å².